The zero-order chi connectivity index (χ0) is 12.5. The summed E-state index contributed by atoms with van der Waals surface area (Å²) in [5.74, 6) is 0. The van der Waals surface area contributed by atoms with Crippen LogP contribution in [0.25, 0.3) is 0 Å². The van der Waals surface area contributed by atoms with Crippen LogP contribution in [0.3, 0.4) is 0 Å². The summed E-state index contributed by atoms with van der Waals surface area (Å²) in [5, 5.41) is 0.740. The van der Waals surface area contributed by atoms with E-state index in [2.05, 4.69) is 13.0 Å². The number of allylic oxidation sites excluding steroid dienone is 2. The molecule has 0 aliphatic carbocycles. The first kappa shape index (κ1) is 14.5. The van der Waals surface area contributed by atoms with Gasteiger partial charge in [0.25, 0.3) is 0 Å². The average molecular weight is 316 g/mol. The van der Waals surface area contributed by atoms with Crippen LogP contribution in [0.4, 0.5) is 0 Å². The molecule has 0 saturated carbocycles. The van der Waals surface area contributed by atoms with E-state index in [1.54, 1.807) is 0 Å². The van der Waals surface area contributed by atoms with Gasteiger partial charge >= 0.3 is 115 Å². The zero-order valence-corrected chi connectivity index (χ0v) is 12.5. The minimum absolute atomic E-state index is 0.110. The molecule has 0 atom stereocenters. The van der Waals surface area contributed by atoms with E-state index in [1.165, 1.54) is 23.7 Å². The summed E-state index contributed by atoms with van der Waals surface area (Å²) < 4.78 is 2.12. The maximum atomic E-state index is 11.0. The topological polar surface area (TPSA) is 17.1 Å². The molecular weight excluding hydrogens is 299 g/mol. The third-order valence-electron chi connectivity index (χ3n) is 2.32. The van der Waals surface area contributed by atoms with Crippen molar-refractivity contribution in [1.29, 1.82) is 0 Å². The minimum atomic E-state index is 0.110. The molecular formula is C14H17ClOSe. The normalized spacial score (nSPS) is 11.5. The number of hydrogen-bond donors (Lipinski definition) is 0. The van der Waals surface area contributed by atoms with Gasteiger partial charge in [-0.05, 0) is 0 Å². The molecule has 1 aromatic rings. The first-order valence-electron chi connectivity index (χ1n) is 5.85. The fourth-order valence-electron chi connectivity index (χ4n) is 1.39. The van der Waals surface area contributed by atoms with Crippen LogP contribution in [0.2, 0.25) is 5.02 Å². The number of carbonyl (C=O) groups excluding carboxylic acids is 1. The molecule has 1 nitrogen and oxygen atoms in total. The van der Waals surface area contributed by atoms with Gasteiger partial charge in [0.05, 0.1) is 0 Å². The van der Waals surface area contributed by atoms with E-state index in [0.29, 0.717) is 0 Å². The molecule has 17 heavy (non-hydrogen) atoms. The van der Waals surface area contributed by atoms with Crippen molar-refractivity contribution in [3.05, 3.63) is 39.8 Å². The van der Waals surface area contributed by atoms with Gasteiger partial charge in [-0.15, -0.1) is 0 Å². The van der Waals surface area contributed by atoms with Crippen LogP contribution in [0, 0.1) is 0 Å². The molecule has 0 amide bonds. The van der Waals surface area contributed by atoms with E-state index < -0.39 is 0 Å². The van der Waals surface area contributed by atoms with Crippen LogP contribution in [0.5, 0.6) is 0 Å². The Hall–Kier alpha value is -0.561. The van der Waals surface area contributed by atoms with Gasteiger partial charge in [0.2, 0.25) is 0 Å². The summed E-state index contributed by atoms with van der Waals surface area (Å²) in [6.07, 6.45) is 7.70. The molecule has 0 saturated heterocycles. The Morgan fingerprint density at radius 1 is 1.29 bits per heavy atom. The Balaban J connectivity index is 2.51. The SMILES string of the molecule is CCCCC/C=C(/C=O)[Se]c1ccc(Cl)cc1. The number of unbranched alkanes of at least 4 members (excludes halogenated alkanes) is 3. The van der Waals surface area contributed by atoms with Crippen molar-refractivity contribution in [3.63, 3.8) is 0 Å². The average Bonchev–Trinajstić information content (AvgIpc) is 2.35. The Morgan fingerprint density at radius 3 is 2.59 bits per heavy atom. The second-order valence-electron chi connectivity index (χ2n) is 3.78. The number of carbonyl (C=O) groups is 1. The molecule has 0 aliphatic heterocycles. The van der Waals surface area contributed by atoms with Crippen molar-refractivity contribution in [2.45, 2.75) is 32.6 Å². The van der Waals surface area contributed by atoms with Crippen molar-refractivity contribution in [1.82, 2.24) is 0 Å². The molecule has 0 aromatic heterocycles. The third-order valence-corrected chi connectivity index (χ3v) is 4.68. The van der Waals surface area contributed by atoms with Crippen LogP contribution >= 0.6 is 11.6 Å². The van der Waals surface area contributed by atoms with Crippen LogP contribution < -0.4 is 4.46 Å². The van der Waals surface area contributed by atoms with Gasteiger partial charge in [-0.2, -0.15) is 0 Å². The van der Waals surface area contributed by atoms with Gasteiger partial charge in [0.15, 0.2) is 0 Å². The quantitative estimate of drug-likeness (QED) is 0.326. The summed E-state index contributed by atoms with van der Waals surface area (Å²) in [4.78, 5) is 11.0. The molecule has 3 heteroatoms. The molecule has 0 unspecified atom stereocenters. The van der Waals surface area contributed by atoms with E-state index >= 15 is 0 Å². The number of benzene rings is 1. The predicted octanol–water partition coefficient (Wildman–Crippen LogP) is 3.33. The molecule has 0 spiro atoms. The van der Waals surface area contributed by atoms with Crippen molar-refractivity contribution in [2.75, 3.05) is 0 Å². The summed E-state index contributed by atoms with van der Waals surface area (Å²) in [6, 6.07) is 7.73. The molecule has 0 aliphatic rings. The van der Waals surface area contributed by atoms with Crippen molar-refractivity contribution in [3.8, 4) is 0 Å². The van der Waals surface area contributed by atoms with Gasteiger partial charge in [-0.1, -0.05) is 0 Å². The Kier molecular flexibility index (Phi) is 7.27. The second kappa shape index (κ2) is 8.52. The summed E-state index contributed by atoms with van der Waals surface area (Å²) in [5.41, 5.74) is 0. The summed E-state index contributed by atoms with van der Waals surface area (Å²) >= 11 is 5.93. The van der Waals surface area contributed by atoms with Gasteiger partial charge < -0.3 is 0 Å². The Bertz CT molecular complexity index is 370. The molecule has 92 valence electrons. The van der Waals surface area contributed by atoms with Crippen LogP contribution in [-0.2, 0) is 4.79 Å². The molecule has 1 aromatic carbocycles. The molecule has 0 fully saturated rings. The van der Waals surface area contributed by atoms with Gasteiger partial charge in [-0.25, -0.2) is 0 Å². The van der Waals surface area contributed by atoms with E-state index in [0.717, 1.165) is 22.2 Å². The standard InChI is InChI=1S/C14H17ClOSe/c1-2-3-4-5-6-14(11-16)17-13-9-7-12(15)8-10-13/h6-11H,2-5H2,1H3/b14-6-. The maximum absolute atomic E-state index is 11.0. The first-order valence-corrected chi connectivity index (χ1v) is 7.94. The van der Waals surface area contributed by atoms with Gasteiger partial charge in [0, 0.05) is 0 Å². The van der Waals surface area contributed by atoms with Gasteiger partial charge in [-0.3, -0.25) is 0 Å². The van der Waals surface area contributed by atoms with Crippen molar-refractivity contribution in [2.24, 2.45) is 0 Å². The van der Waals surface area contributed by atoms with E-state index in [-0.39, 0.29) is 15.0 Å². The zero-order valence-electron chi connectivity index (χ0n) is 9.99. The number of halogens is 1. The number of hydrogen-bond acceptors (Lipinski definition) is 1. The fourth-order valence-corrected chi connectivity index (χ4v) is 3.18. The van der Waals surface area contributed by atoms with E-state index in [1.807, 2.05) is 24.3 Å². The van der Waals surface area contributed by atoms with Crippen molar-refractivity contribution >= 4 is 37.3 Å². The van der Waals surface area contributed by atoms with Crippen molar-refractivity contribution < 1.29 is 4.79 Å². The van der Waals surface area contributed by atoms with E-state index in [4.69, 9.17) is 11.6 Å². The molecule has 0 N–H and O–H groups in total. The van der Waals surface area contributed by atoms with E-state index in [9.17, 15) is 4.79 Å². The molecule has 0 bridgehead atoms. The predicted molar refractivity (Wildman–Crippen MR) is 75.1 cm³/mol. The number of rotatable bonds is 7. The second-order valence-corrected chi connectivity index (χ2v) is 6.62. The Morgan fingerprint density at radius 2 is 2.00 bits per heavy atom. The van der Waals surface area contributed by atoms with Crippen LogP contribution in [0.1, 0.15) is 32.6 Å². The first-order chi connectivity index (χ1) is 8.26. The van der Waals surface area contributed by atoms with Crippen LogP contribution in [0.15, 0.2) is 34.8 Å². The van der Waals surface area contributed by atoms with Gasteiger partial charge in [0.1, 0.15) is 0 Å². The third kappa shape index (κ3) is 6.07. The molecule has 0 heterocycles. The summed E-state index contributed by atoms with van der Waals surface area (Å²) in [7, 11) is 0. The molecule has 0 radical (unpaired) electrons. The van der Waals surface area contributed by atoms with Crippen LogP contribution in [-0.4, -0.2) is 21.2 Å². The molecule has 1 rings (SSSR count). The fraction of sp³-hybridized carbons (Fsp3) is 0.357. The number of aldehydes is 1. The summed E-state index contributed by atoms with van der Waals surface area (Å²) in [6.45, 7) is 2.18. The Labute approximate surface area is 114 Å². The monoisotopic (exact) mass is 316 g/mol.